The third kappa shape index (κ3) is 4.68. The Morgan fingerprint density at radius 1 is 1.04 bits per heavy atom. The highest BCUT2D eigenvalue weighted by atomic mass is 32.1. The average molecular weight is 382 g/mol. The zero-order valence-corrected chi connectivity index (χ0v) is 15.7. The fourth-order valence-electron chi connectivity index (χ4n) is 2.35. The summed E-state index contributed by atoms with van der Waals surface area (Å²) in [5.74, 6) is 0.164. The molecule has 0 saturated carbocycles. The van der Waals surface area contributed by atoms with Crippen LogP contribution in [0.1, 0.15) is 30.7 Å². The molecule has 3 aromatic rings. The van der Waals surface area contributed by atoms with Crippen LogP contribution in [0, 0.1) is 6.92 Å². The fraction of sp³-hybridized carbons (Fsp3) is 0.158. The first-order valence-corrected chi connectivity index (χ1v) is 9.00. The van der Waals surface area contributed by atoms with Crippen molar-refractivity contribution in [3.8, 4) is 5.75 Å². The van der Waals surface area contributed by atoms with Crippen molar-refractivity contribution >= 4 is 28.8 Å². The van der Waals surface area contributed by atoms with Crippen LogP contribution in [0.15, 0.2) is 48.5 Å². The zero-order valence-electron chi connectivity index (χ0n) is 14.9. The lowest BCUT2D eigenvalue weighted by Gasteiger charge is -2.05. The highest BCUT2D eigenvalue weighted by molar-refractivity contribution is 7.13. The van der Waals surface area contributed by atoms with E-state index in [4.69, 9.17) is 4.74 Å². The van der Waals surface area contributed by atoms with E-state index < -0.39 is 0 Å². The molecule has 0 atom stereocenters. The predicted molar refractivity (Wildman–Crippen MR) is 103 cm³/mol. The van der Waals surface area contributed by atoms with Gasteiger partial charge in [0.2, 0.25) is 5.01 Å². The molecule has 2 aromatic carbocycles. The molecule has 1 aromatic heterocycles. The minimum Gasteiger partial charge on any atom is -0.497 e. The number of carbonyl (C=O) groups is 2. The summed E-state index contributed by atoms with van der Waals surface area (Å²) in [5, 5.41) is 14.2. The summed E-state index contributed by atoms with van der Waals surface area (Å²) in [5.41, 5.74) is 2.14. The molecule has 0 spiro atoms. The Morgan fingerprint density at radius 2 is 1.78 bits per heavy atom. The lowest BCUT2D eigenvalue weighted by Crippen LogP contribution is -2.23. The van der Waals surface area contributed by atoms with Gasteiger partial charge in [-0.05, 0) is 42.8 Å². The van der Waals surface area contributed by atoms with E-state index in [9.17, 15) is 9.59 Å². The molecule has 7 nitrogen and oxygen atoms in total. The number of aromatic nitrogens is 2. The average Bonchev–Trinajstić information content (AvgIpc) is 3.16. The van der Waals surface area contributed by atoms with Gasteiger partial charge in [-0.2, -0.15) is 0 Å². The number of amides is 2. The second kappa shape index (κ2) is 8.41. The van der Waals surface area contributed by atoms with Crippen LogP contribution in [0.2, 0.25) is 0 Å². The minimum absolute atomic E-state index is 0.187. The molecular formula is C19H18N4O3S. The number of carbonyl (C=O) groups excluding carboxylic acids is 2. The molecule has 8 heteroatoms. The van der Waals surface area contributed by atoms with Crippen molar-refractivity contribution < 1.29 is 14.3 Å². The first kappa shape index (κ1) is 18.5. The maximum absolute atomic E-state index is 12.3. The van der Waals surface area contributed by atoms with E-state index in [1.807, 2.05) is 25.1 Å². The largest absolute Gasteiger partial charge is 0.497 e. The van der Waals surface area contributed by atoms with Gasteiger partial charge in [-0.25, -0.2) is 0 Å². The van der Waals surface area contributed by atoms with Crippen LogP contribution in [0.3, 0.4) is 0 Å². The van der Waals surface area contributed by atoms with Crippen LogP contribution < -0.4 is 15.4 Å². The van der Waals surface area contributed by atoms with Gasteiger partial charge in [0.1, 0.15) is 10.8 Å². The molecule has 2 amide bonds. The van der Waals surface area contributed by atoms with Crippen molar-refractivity contribution in [2.24, 2.45) is 0 Å². The van der Waals surface area contributed by atoms with Crippen LogP contribution in [-0.4, -0.2) is 29.1 Å². The third-order valence-electron chi connectivity index (χ3n) is 3.80. The topological polar surface area (TPSA) is 93.2 Å². The normalized spacial score (nSPS) is 10.3. The number of nitrogens with zero attached hydrogens (tertiary/aromatic N) is 2. The van der Waals surface area contributed by atoms with Crippen molar-refractivity contribution in [2.45, 2.75) is 13.5 Å². The van der Waals surface area contributed by atoms with Gasteiger partial charge in [0.25, 0.3) is 11.8 Å². The maximum atomic E-state index is 12.3. The second-order valence-electron chi connectivity index (χ2n) is 5.68. The van der Waals surface area contributed by atoms with Gasteiger partial charge in [0.05, 0.1) is 13.7 Å². The number of methoxy groups -OCH3 is 1. The van der Waals surface area contributed by atoms with E-state index in [1.54, 1.807) is 37.4 Å². The molecule has 0 unspecified atom stereocenters. The number of hydrogen-bond donors (Lipinski definition) is 2. The van der Waals surface area contributed by atoms with Crippen LogP contribution in [0.4, 0.5) is 5.69 Å². The van der Waals surface area contributed by atoms with Crippen LogP contribution in [-0.2, 0) is 6.54 Å². The Morgan fingerprint density at radius 3 is 2.48 bits per heavy atom. The summed E-state index contributed by atoms with van der Waals surface area (Å²) in [4.78, 5) is 24.5. The van der Waals surface area contributed by atoms with Crippen LogP contribution in [0.5, 0.6) is 5.75 Å². The van der Waals surface area contributed by atoms with E-state index in [0.717, 1.165) is 16.9 Å². The van der Waals surface area contributed by atoms with Crippen LogP contribution in [0.25, 0.3) is 0 Å². The Balaban J connectivity index is 1.58. The lowest BCUT2D eigenvalue weighted by molar-refractivity contribution is 0.0949. The number of aryl methyl sites for hydroxylation is 1. The highest BCUT2D eigenvalue weighted by Gasteiger charge is 2.14. The number of nitrogens with one attached hydrogen (secondary N) is 2. The summed E-state index contributed by atoms with van der Waals surface area (Å²) in [6.07, 6.45) is 0. The van der Waals surface area contributed by atoms with Gasteiger partial charge in [-0.1, -0.05) is 29.5 Å². The Hall–Kier alpha value is -3.26. The van der Waals surface area contributed by atoms with Crippen molar-refractivity contribution in [2.75, 3.05) is 12.4 Å². The smallest absolute Gasteiger partial charge is 0.286 e. The summed E-state index contributed by atoms with van der Waals surface area (Å²) >= 11 is 1.14. The first-order chi connectivity index (χ1) is 13.1. The van der Waals surface area contributed by atoms with E-state index in [0.29, 0.717) is 22.0 Å². The van der Waals surface area contributed by atoms with Gasteiger partial charge < -0.3 is 15.4 Å². The predicted octanol–water partition coefficient (Wildman–Crippen LogP) is 3.04. The molecule has 0 saturated heterocycles. The van der Waals surface area contributed by atoms with Gasteiger partial charge in [0, 0.05) is 11.3 Å². The first-order valence-electron chi connectivity index (χ1n) is 8.18. The summed E-state index contributed by atoms with van der Waals surface area (Å²) in [6.45, 7) is 2.09. The van der Waals surface area contributed by atoms with Crippen molar-refractivity contribution in [3.05, 3.63) is 69.7 Å². The lowest BCUT2D eigenvalue weighted by atomic mass is 10.1. The maximum Gasteiger partial charge on any atom is 0.286 e. The Kier molecular flexibility index (Phi) is 5.77. The molecule has 0 aliphatic rings. The number of anilines is 1. The number of benzene rings is 2. The molecular weight excluding hydrogens is 364 g/mol. The number of ether oxygens (including phenoxy) is 1. The zero-order chi connectivity index (χ0) is 19.2. The van der Waals surface area contributed by atoms with E-state index in [2.05, 4.69) is 20.8 Å². The standard InChI is InChI=1S/C19H18N4O3S/c1-12-5-3-4-6-15(12)17(24)20-11-16-22-23-19(27-16)18(25)21-13-7-9-14(26-2)10-8-13/h3-10H,11H2,1-2H3,(H,20,24)(H,21,25). The monoisotopic (exact) mass is 382 g/mol. The molecule has 0 aliphatic heterocycles. The molecule has 0 bridgehead atoms. The van der Waals surface area contributed by atoms with Gasteiger partial charge in [-0.15, -0.1) is 10.2 Å². The molecule has 3 rings (SSSR count). The minimum atomic E-state index is -0.353. The molecule has 138 valence electrons. The van der Waals surface area contributed by atoms with Crippen molar-refractivity contribution in [3.63, 3.8) is 0 Å². The number of rotatable bonds is 6. The summed E-state index contributed by atoms with van der Waals surface area (Å²) in [6, 6.07) is 14.3. The van der Waals surface area contributed by atoms with Gasteiger partial charge in [-0.3, -0.25) is 9.59 Å². The van der Waals surface area contributed by atoms with Crippen molar-refractivity contribution in [1.29, 1.82) is 0 Å². The van der Waals surface area contributed by atoms with Gasteiger partial charge >= 0.3 is 0 Å². The fourth-order valence-corrected chi connectivity index (χ4v) is 3.03. The summed E-state index contributed by atoms with van der Waals surface area (Å²) in [7, 11) is 1.58. The van der Waals surface area contributed by atoms with Gasteiger partial charge in [0.15, 0.2) is 0 Å². The second-order valence-corrected chi connectivity index (χ2v) is 6.74. The Bertz CT molecular complexity index is 954. The molecule has 0 aliphatic carbocycles. The van der Waals surface area contributed by atoms with E-state index >= 15 is 0 Å². The third-order valence-corrected chi connectivity index (χ3v) is 4.72. The molecule has 27 heavy (non-hydrogen) atoms. The molecule has 0 fully saturated rings. The van der Waals surface area contributed by atoms with Crippen LogP contribution >= 0.6 is 11.3 Å². The molecule has 2 N–H and O–H groups in total. The summed E-state index contributed by atoms with van der Waals surface area (Å²) < 4.78 is 5.08. The van der Waals surface area contributed by atoms with E-state index in [-0.39, 0.29) is 23.4 Å². The highest BCUT2D eigenvalue weighted by Crippen LogP contribution is 2.17. The quantitative estimate of drug-likeness (QED) is 0.683. The van der Waals surface area contributed by atoms with Crippen molar-refractivity contribution in [1.82, 2.24) is 15.5 Å². The molecule has 0 radical (unpaired) electrons. The SMILES string of the molecule is COc1ccc(NC(=O)c2nnc(CNC(=O)c3ccccc3C)s2)cc1. The Labute approximate surface area is 160 Å². The molecule has 1 heterocycles. The number of hydrogen-bond acceptors (Lipinski definition) is 6. The van der Waals surface area contributed by atoms with E-state index in [1.165, 1.54) is 0 Å².